The molecule has 1 aliphatic carbocycles. The molecular weight excluding hydrogens is 432 g/mol. The first kappa shape index (κ1) is 23.8. The number of sulfonamides is 1. The summed E-state index contributed by atoms with van der Waals surface area (Å²) in [4.78, 5) is 13.1. The standard InChI is InChI=1S/C24H31ClN2O3S/c1-17-13-18(2)24(19(3)14-17)31(29,30)27(15-20-9-11-21(25)12-10-20)16-23(28)26-22-7-5-4-6-8-22/h9-14,22H,4-8,15-16H2,1-3H3,(H,26,28). The minimum absolute atomic E-state index is 0.102. The molecule has 2 aromatic carbocycles. The Morgan fingerprint density at radius 1 is 1.03 bits per heavy atom. The van der Waals surface area contributed by atoms with Crippen LogP contribution in [0.4, 0.5) is 0 Å². The summed E-state index contributed by atoms with van der Waals surface area (Å²) in [7, 11) is -3.88. The van der Waals surface area contributed by atoms with Gasteiger partial charge in [0.05, 0.1) is 11.4 Å². The Balaban J connectivity index is 1.90. The Hall–Kier alpha value is -1.89. The second-order valence-corrected chi connectivity index (χ2v) is 10.8. The summed E-state index contributed by atoms with van der Waals surface area (Å²) in [5.74, 6) is -0.258. The van der Waals surface area contributed by atoms with E-state index in [9.17, 15) is 13.2 Å². The molecule has 0 heterocycles. The van der Waals surface area contributed by atoms with E-state index < -0.39 is 10.0 Å². The highest BCUT2D eigenvalue weighted by Crippen LogP contribution is 2.27. The van der Waals surface area contributed by atoms with Gasteiger partial charge in [-0.15, -0.1) is 0 Å². The maximum absolute atomic E-state index is 13.7. The van der Waals surface area contributed by atoms with E-state index in [0.29, 0.717) is 16.1 Å². The number of hydrogen-bond donors (Lipinski definition) is 1. The van der Waals surface area contributed by atoms with Crippen LogP contribution in [0.15, 0.2) is 41.3 Å². The highest BCUT2D eigenvalue weighted by molar-refractivity contribution is 7.89. The lowest BCUT2D eigenvalue weighted by Gasteiger charge is -2.27. The number of aryl methyl sites for hydroxylation is 3. The second kappa shape index (κ2) is 10.2. The first-order valence-corrected chi connectivity index (χ1v) is 12.6. The molecule has 7 heteroatoms. The average molecular weight is 463 g/mol. The van der Waals surface area contributed by atoms with Gasteiger partial charge in [0.2, 0.25) is 15.9 Å². The summed E-state index contributed by atoms with van der Waals surface area (Å²) < 4.78 is 28.7. The van der Waals surface area contributed by atoms with Crippen molar-refractivity contribution in [2.24, 2.45) is 0 Å². The van der Waals surface area contributed by atoms with Crippen LogP contribution in [-0.2, 0) is 21.4 Å². The fourth-order valence-electron chi connectivity index (χ4n) is 4.40. The molecule has 2 aromatic rings. The van der Waals surface area contributed by atoms with E-state index in [1.165, 1.54) is 10.7 Å². The van der Waals surface area contributed by atoms with Gasteiger partial charge in [-0.1, -0.05) is 60.7 Å². The van der Waals surface area contributed by atoms with E-state index in [0.717, 1.165) is 36.8 Å². The minimum atomic E-state index is -3.88. The third-order valence-electron chi connectivity index (χ3n) is 5.76. The van der Waals surface area contributed by atoms with Crippen molar-refractivity contribution >= 4 is 27.5 Å². The molecule has 0 bridgehead atoms. The van der Waals surface area contributed by atoms with Crippen LogP contribution in [0, 0.1) is 20.8 Å². The fourth-order valence-corrected chi connectivity index (χ4v) is 6.32. The summed E-state index contributed by atoms with van der Waals surface area (Å²) in [6.07, 6.45) is 5.28. The van der Waals surface area contributed by atoms with Crippen LogP contribution >= 0.6 is 11.6 Å². The minimum Gasteiger partial charge on any atom is -0.352 e. The third kappa shape index (κ3) is 6.09. The Morgan fingerprint density at radius 3 is 2.19 bits per heavy atom. The monoisotopic (exact) mass is 462 g/mol. The van der Waals surface area contributed by atoms with Crippen LogP contribution in [0.3, 0.4) is 0 Å². The summed E-state index contributed by atoms with van der Waals surface area (Å²) in [5, 5.41) is 3.62. The maximum atomic E-state index is 13.7. The lowest BCUT2D eigenvalue weighted by Crippen LogP contribution is -2.44. The summed E-state index contributed by atoms with van der Waals surface area (Å²) in [5.41, 5.74) is 3.16. The highest BCUT2D eigenvalue weighted by atomic mass is 35.5. The molecule has 0 saturated heterocycles. The maximum Gasteiger partial charge on any atom is 0.244 e. The molecule has 1 fully saturated rings. The number of halogens is 1. The first-order valence-electron chi connectivity index (χ1n) is 10.8. The Bertz CT molecular complexity index is 1010. The lowest BCUT2D eigenvalue weighted by molar-refractivity contribution is -0.122. The largest absolute Gasteiger partial charge is 0.352 e. The number of benzene rings is 2. The van der Waals surface area contributed by atoms with Crippen molar-refractivity contribution < 1.29 is 13.2 Å². The smallest absolute Gasteiger partial charge is 0.244 e. The van der Waals surface area contributed by atoms with E-state index in [-0.39, 0.29) is 29.9 Å². The number of hydrogen-bond acceptors (Lipinski definition) is 3. The van der Waals surface area contributed by atoms with Crippen LogP contribution in [0.5, 0.6) is 0 Å². The van der Waals surface area contributed by atoms with Crippen molar-refractivity contribution in [3.05, 3.63) is 63.7 Å². The molecule has 0 radical (unpaired) electrons. The van der Waals surface area contributed by atoms with Crippen LogP contribution in [0.2, 0.25) is 5.02 Å². The topological polar surface area (TPSA) is 66.5 Å². The van der Waals surface area contributed by atoms with E-state index in [1.807, 2.05) is 19.1 Å². The Labute approximate surface area is 190 Å². The molecule has 3 rings (SSSR count). The van der Waals surface area contributed by atoms with E-state index in [2.05, 4.69) is 5.32 Å². The molecule has 1 N–H and O–H groups in total. The second-order valence-electron chi connectivity index (χ2n) is 8.53. The zero-order valence-corrected chi connectivity index (χ0v) is 20.0. The van der Waals surface area contributed by atoms with Gasteiger partial charge in [-0.2, -0.15) is 4.31 Å². The molecule has 31 heavy (non-hydrogen) atoms. The number of carbonyl (C=O) groups is 1. The van der Waals surface area contributed by atoms with Crippen LogP contribution in [-0.4, -0.2) is 31.2 Å². The quantitative estimate of drug-likeness (QED) is 0.636. The zero-order chi connectivity index (χ0) is 22.6. The van der Waals surface area contributed by atoms with Gasteiger partial charge in [-0.05, 0) is 62.4 Å². The van der Waals surface area contributed by atoms with Gasteiger partial charge in [0.1, 0.15) is 0 Å². The molecule has 0 spiro atoms. The number of nitrogens with zero attached hydrogens (tertiary/aromatic N) is 1. The van der Waals surface area contributed by atoms with Crippen LogP contribution < -0.4 is 5.32 Å². The Kier molecular flexibility index (Phi) is 7.78. The number of rotatable bonds is 7. The molecule has 1 aliphatic rings. The summed E-state index contributed by atoms with van der Waals surface area (Å²) in [6, 6.07) is 10.9. The third-order valence-corrected chi connectivity index (χ3v) is 8.11. The van der Waals surface area contributed by atoms with E-state index in [1.54, 1.807) is 38.1 Å². The van der Waals surface area contributed by atoms with Gasteiger partial charge in [0.15, 0.2) is 0 Å². The van der Waals surface area contributed by atoms with E-state index >= 15 is 0 Å². The molecular formula is C24H31ClN2O3S. The van der Waals surface area contributed by atoms with Gasteiger partial charge in [-0.25, -0.2) is 8.42 Å². The first-order chi connectivity index (χ1) is 14.7. The molecule has 5 nitrogen and oxygen atoms in total. The summed E-state index contributed by atoms with van der Waals surface area (Å²) >= 11 is 5.99. The molecule has 0 aromatic heterocycles. The number of amides is 1. The molecule has 0 atom stereocenters. The normalized spacial score (nSPS) is 15.3. The van der Waals surface area contributed by atoms with Crippen LogP contribution in [0.25, 0.3) is 0 Å². The predicted molar refractivity (Wildman–Crippen MR) is 125 cm³/mol. The number of carbonyl (C=O) groups excluding carboxylic acids is 1. The SMILES string of the molecule is Cc1cc(C)c(S(=O)(=O)N(CC(=O)NC2CCCCC2)Cc2ccc(Cl)cc2)c(C)c1. The van der Waals surface area contributed by atoms with Gasteiger partial charge in [0, 0.05) is 17.6 Å². The average Bonchev–Trinajstić information content (AvgIpc) is 2.69. The van der Waals surface area contributed by atoms with Crippen molar-refractivity contribution in [2.45, 2.75) is 70.4 Å². The predicted octanol–water partition coefficient (Wildman–Crippen LogP) is 4.91. The molecule has 0 unspecified atom stereocenters. The fraction of sp³-hybridized carbons (Fsp3) is 0.458. The van der Waals surface area contributed by atoms with Gasteiger partial charge in [0.25, 0.3) is 0 Å². The molecule has 0 aliphatic heterocycles. The Morgan fingerprint density at radius 2 is 1.61 bits per heavy atom. The number of nitrogens with one attached hydrogen (secondary N) is 1. The summed E-state index contributed by atoms with van der Waals surface area (Å²) in [6.45, 7) is 5.43. The van der Waals surface area contributed by atoms with Gasteiger partial charge >= 0.3 is 0 Å². The lowest BCUT2D eigenvalue weighted by atomic mass is 9.95. The molecule has 1 saturated carbocycles. The van der Waals surface area contributed by atoms with Crippen molar-refractivity contribution in [1.82, 2.24) is 9.62 Å². The zero-order valence-electron chi connectivity index (χ0n) is 18.4. The van der Waals surface area contributed by atoms with E-state index in [4.69, 9.17) is 11.6 Å². The van der Waals surface area contributed by atoms with Crippen molar-refractivity contribution in [1.29, 1.82) is 0 Å². The highest BCUT2D eigenvalue weighted by Gasteiger charge is 2.30. The molecule has 168 valence electrons. The van der Waals surface area contributed by atoms with Crippen LogP contribution in [0.1, 0.15) is 54.4 Å². The van der Waals surface area contributed by atoms with Gasteiger partial charge in [-0.3, -0.25) is 4.79 Å². The van der Waals surface area contributed by atoms with Gasteiger partial charge < -0.3 is 5.32 Å². The van der Waals surface area contributed by atoms with Crippen molar-refractivity contribution in [2.75, 3.05) is 6.54 Å². The molecule has 1 amide bonds. The van der Waals surface area contributed by atoms with Crippen molar-refractivity contribution in [3.8, 4) is 0 Å². The van der Waals surface area contributed by atoms with Crippen molar-refractivity contribution in [3.63, 3.8) is 0 Å².